The van der Waals surface area contributed by atoms with E-state index >= 15 is 0 Å². The first-order valence-corrected chi connectivity index (χ1v) is 8.15. The van der Waals surface area contributed by atoms with Gasteiger partial charge in [0.1, 0.15) is 5.78 Å². The van der Waals surface area contributed by atoms with Gasteiger partial charge in [-0.15, -0.1) is 0 Å². The number of fused-ring (bicyclic) bond motifs is 2. The molecule has 2 fully saturated rings. The van der Waals surface area contributed by atoms with Gasteiger partial charge in [0.25, 0.3) is 0 Å². The summed E-state index contributed by atoms with van der Waals surface area (Å²) in [6.07, 6.45) is 10.1. The molecule has 0 amide bonds. The Morgan fingerprint density at radius 1 is 1.30 bits per heavy atom. The Kier molecular flexibility index (Phi) is 5.58. The highest BCUT2D eigenvalue weighted by Gasteiger charge is 2.47. The number of ketones is 1. The van der Waals surface area contributed by atoms with Crippen molar-refractivity contribution in [2.24, 2.45) is 0 Å². The van der Waals surface area contributed by atoms with Crippen molar-refractivity contribution in [2.75, 3.05) is 0 Å². The fraction of sp³-hybridized carbons (Fsp3) is 0.875. The minimum Gasteiger partial charge on any atom is -0.443 e. The van der Waals surface area contributed by atoms with E-state index in [1.54, 1.807) is 0 Å². The van der Waals surface area contributed by atoms with Crippen molar-refractivity contribution in [3.63, 3.8) is 0 Å². The number of nitrogens with one attached hydrogen (secondary N) is 1. The van der Waals surface area contributed by atoms with Crippen molar-refractivity contribution in [1.29, 1.82) is 0 Å². The number of unbranched alkanes of at least 4 members (excludes halogenated alkanes) is 5. The number of piperidine rings is 1. The summed E-state index contributed by atoms with van der Waals surface area (Å²) >= 11 is 0. The molecule has 0 aromatic rings. The maximum absolute atomic E-state index is 11.9. The molecular weight excluding hydrogens is 254 g/mol. The van der Waals surface area contributed by atoms with Crippen LogP contribution in [-0.4, -0.2) is 23.5 Å². The zero-order valence-corrected chi connectivity index (χ0v) is 12.6. The molecule has 20 heavy (non-hydrogen) atoms. The highest BCUT2D eigenvalue weighted by atomic mass is 16.6. The molecule has 0 aliphatic carbocycles. The quantitative estimate of drug-likeness (QED) is 0.548. The predicted octanol–water partition coefficient (Wildman–Crippen LogP) is 3.09. The van der Waals surface area contributed by atoms with Gasteiger partial charge in [-0.2, -0.15) is 0 Å². The molecule has 2 atom stereocenters. The third kappa shape index (κ3) is 4.30. The summed E-state index contributed by atoms with van der Waals surface area (Å²) in [7, 11) is 0. The molecule has 4 heteroatoms. The van der Waals surface area contributed by atoms with Crippen molar-refractivity contribution >= 4 is 11.8 Å². The molecule has 0 aromatic heterocycles. The second kappa shape index (κ2) is 7.21. The number of ether oxygens (including phenoxy) is 1. The topological polar surface area (TPSA) is 55.4 Å². The number of hydrogen-bond donors (Lipinski definition) is 1. The molecule has 0 spiro atoms. The molecule has 0 saturated carbocycles. The number of esters is 1. The van der Waals surface area contributed by atoms with Crippen LogP contribution in [0.2, 0.25) is 0 Å². The average molecular weight is 281 g/mol. The lowest BCUT2D eigenvalue weighted by atomic mass is 10.0. The van der Waals surface area contributed by atoms with Gasteiger partial charge in [0, 0.05) is 25.3 Å². The number of rotatable bonds is 8. The smallest absolute Gasteiger partial charge is 0.307 e. The minimum atomic E-state index is -0.667. The zero-order valence-electron chi connectivity index (χ0n) is 12.6. The van der Waals surface area contributed by atoms with Crippen molar-refractivity contribution in [1.82, 2.24) is 5.32 Å². The largest absolute Gasteiger partial charge is 0.443 e. The van der Waals surface area contributed by atoms with Gasteiger partial charge in [0.15, 0.2) is 5.72 Å². The van der Waals surface area contributed by atoms with Crippen molar-refractivity contribution in [3.8, 4) is 0 Å². The van der Waals surface area contributed by atoms with Gasteiger partial charge in [0.05, 0.1) is 6.42 Å². The third-order valence-electron chi connectivity index (χ3n) is 4.36. The monoisotopic (exact) mass is 281 g/mol. The van der Waals surface area contributed by atoms with E-state index < -0.39 is 5.72 Å². The van der Waals surface area contributed by atoms with Gasteiger partial charge in [0.2, 0.25) is 0 Å². The fourth-order valence-corrected chi connectivity index (χ4v) is 3.32. The minimum absolute atomic E-state index is 0.150. The van der Waals surface area contributed by atoms with Crippen molar-refractivity contribution in [2.45, 2.75) is 89.3 Å². The number of carbonyl (C=O) groups is 2. The number of carbonyl (C=O) groups excluding carboxylic acids is 2. The lowest BCUT2D eigenvalue weighted by molar-refractivity contribution is -0.166. The van der Waals surface area contributed by atoms with Crippen molar-refractivity contribution < 1.29 is 14.3 Å². The van der Waals surface area contributed by atoms with Crippen LogP contribution in [0, 0.1) is 0 Å². The molecule has 2 unspecified atom stereocenters. The highest BCUT2D eigenvalue weighted by Crippen LogP contribution is 2.35. The Balaban J connectivity index is 1.65. The average Bonchev–Trinajstić information content (AvgIpc) is 2.69. The summed E-state index contributed by atoms with van der Waals surface area (Å²) in [5, 5.41) is 3.32. The lowest BCUT2D eigenvalue weighted by Gasteiger charge is -2.33. The number of hydrogen-bond acceptors (Lipinski definition) is 4. The van der Waals surface area contributed by atoms with Crippen LogP contribution >= 0.6 is 0 Å². The van der Waals surface area contributed by atoms with Gasteiger partial charge in [-0.25, -0.2) is 0 Å². The molecule has 2 heterocycles. The van der Waals surface area contributed by atoms with E-state index in [2.05, 4.69) is 12.2 Å². The summed E-state index contributed by atoms with van der Waals surface area (Å²) in [6, 6.07) is 0.220. The summed E-state index contributed by atoms with van der Waals surface area (Å²) in [6.45, 7) is 2.20. The molecule has 2 aliphatic rings. The fourth-order valence-electron chi connectivity index (χ4n) is 3.32. The van der Waals surface area contributed by atoms with Gasteiger partial charge < -0.3 is 4.74 Å². The summed E-state index contributed by atoms with van der Waals surface area (Å²) in [5.41, 5.74) is -0.667. The first-order chi connectivity index (χ1) is 9.63. The van der Waals surface area contributed by atoms with E-state index in [0.717, 1.165) is 25.7 Å². The van der Waals surface area contributed by atoms with Crippen LogP contribution in [0.5, 0.6) is 0 Å². The van der Waals surface area contributed by atoms with E-state index in [-0.39, 0.29) is 17.8 Å². The first kappa shape index (κ1) is 15.5. The first-order valence-electron chi connectivity index (χ1n) is 8.15. The van der Waals surface area contributed by atoms with Crippen LogP contribution in [0.4, 0.5) is 0 Å². The molecule has 2 bridgehead atoms. The van der Waals surface area contributed by atoms with E-state index in [1.165, 1.54) is 25.7 Å². The summed E-state index contributed by atoms with van der Waals surface area (Å²) in [5.74, 6) is 0.0713. The van der Waals surface area contributed by atoms with Gasteiger partial charge in [-0.1, -0.05) is 39.0 Å². The van der Waals surface area contributed by atoms with Crippen LogP contribution in [0.1, 0.15) is 77.6 Å². The maximum atomic E-state index is 11.9. The van der Waals surface area contributed by atoms with E-state index in [9.17, 15) is 9.59 Å². The van der Waals surface area contributed by atoms with E-state index in [1.807, 2.05) is 0 Å². The second-order valence-electron chi connectivity index (χ2n) is 6.29. The van der Waals surface area contributed by atoms with Crippen LogP contribution in [0.15, 0.2) is 0 Å². The van der Waals surface area contributed by atoms with E-state index in [4.69, 9.17) is 4.74 Å². The zero-order chi connectivity index (χ0) is 14.4. The second-order valence-corrected chi connectivity index (χ2v) is 6.29. The molecule has 114 valence electrons. The van der Waals surface area contributed by atoms with Crippen LogP contribution in [-0.2, 0) is 14.3 Å². The van der Waals surface area contributed by atoms with Gasteiger partial charge in [-0.05, 0) is 12.8 Å². The number of Topliss-reactive ketones (excluding diaryl/α,β-unsaturated/α-hetero) is 1. The Labute approximate surface area is 121 Å². The summed E-state index contributed by atoms with van der Waals surface area (Å²) in [4.78, 5) is 23.6. The Morgan fingerprint density at radius 3 is 2.85 bits per heavy atom. The SMILES string of the molecule is CCCCCCCCC(=O)OC12CCC(CC(=O)C1)N2. The Morgan fingerprint density at radius 2 is 2.05 bits per heavy atom. The Bertz CT molecular complexity index is 356. The Hall–Kier alpha value is -0.900. The van der Waals surface area contributed by atoms with Crippen LogP contribution < -0.4 is 5.32 Å². The molecule has 2 saturated heterocycles. The van der Waals surface area contributed by atoms with Crippen LogP contribution in [0.3, 0.4) is 0 Å². The molecule has 1 N–H and O–H groups in total. The standard InChI is InChI=1S/C16H27NO3/c1-2-3-4-5-6-7-8-15(19)20-16-10-9-13(17-16)11-14(18)12-16/h13,17H,2-12H2,1H3. The highest BCUT2D eigenvalue weighted by molar-refractivity contribution is 5.82. The normalized spacial score (nSPS) is 28.6. The molecule has 0 aromatic carbocycles. The molecule has 2 aliphatic heterocycles. The lowest BCUT2D eigenvalue weighted by Crippen LogP contribution is -2.52. The maximum Gasteiger partial charge on any atom is 0.307 e. The van der Waals surface area contributed by atoms with E-state index in [0.29, 0.717) is 19.3 Å². The molecular formula is C16H27NO3. The van der Waals surface area contributed by atoms with Gasteiger partial charge in [-0.3, -0.25) is 14.9 Å². The summed E-state index contributed by atoms with van der Waals surface area (Å²) < 4.78 is 5.60. The predicted molar refractivity (Wildman–Crippen MR) is 77.2 cm³/mol. The molecule has 4 nitrogen and oxygen atoms in total. The third-order valence-corrected chi connectivity index (χ3v) is 4.36. The van der Waals surface area contributed by atoms with Crippen LogP contribution in [0.25, 0.3) is 0 Å². The van der Waals surface area contributed by atoms with Gasteiger partial charge >= 0.3 is 5.97 Å². The molecule has 0 radical (unpaired) electrons. The van der Waals surface area contributed by atoms with Crippen molar-refractivity contribution in [3.05, 3.63) is 0 Å². The molecule has 2 rings (SSSR count).